The van der Waals surface area contributed by atoms with Crippen LogP contribution in [0.2, 0.25) is 5.02 Å². The van der Waals surface area contributed by atoms with Crippen LogP contribution in [0, 0.1) is 17.0 Å². The molecule has 0 saturated heterocycles. The lowest BCUT2D eigenvalue weighted by molar-refractivity contribution is -0.384. The van der Waals surface area contributed by atoms with Gasteiger partial charge in [-0.05, 0) is 40.5 Å². The van der Waals surface area contributed by atoms with Crippen molar-refractivity contribution in [2.24, 2.45) is 0 Å². The number of carbonyl (C=O) groups is 1. The Bertz CT molecular complexity index is 734. The van der Waals surface area contributed by atoms with E-state index >= 15 is 0 Å². The van der Waals surface area contributed by atoms with Crippen LogP contribution in [0.15, 0.2) is 40.9 Å². The number of nitrogens with one attached hydrogen (secondary N) is 1. The van der Waals surface area contributed by atoms with Crippen LogP contribution in [0.4, 0.5) is 11.4 Å². The number of amides is 1. The molecule has 2 aromatic carbocycles. The van der Waals surface area contributed by atoms with Gasteiger partial charge in [-0.2, -0.15) is 0 Å². The van der Waals surface area contributed by atoms with Crippen LogP contribution >= 0.6 is 27.5 Å². The molecule has 2 aromatic rings. The number of aryl methyl sites for hydroxylation is 1. The van der Waals surface area contributed by atoms with E-state index in [-0.39, 0.29) is 16.6 Å². The van der Waals surface area contributed by atoms with Gasteiger partial charge in [0.05, 0.1) is 21.2 Å². The quantitative estimate of drug-likeness (QED) is 0.636. The summed E-state index contributed by atoms with van der Waals surface area (Å²) in [5, 5.41) is 13.4. The highest BCUT2D eigenvalue weighted by atomic mass is 79.9. The van der Waals surface area contributed by atoms with Crippen LogP contribution in [-0.4, -0.2) is 10.8 Å². The molecule has 0 bridgehead atoms. The van der Waals surface area contributed by atoms with Crippen LogP contribution in [-0.2, 0) is 0 Å². The third kappa shape index (κ3) is 3.40. The van der Waals surface area contributed by atoms with Gasteiger partial charge in [0.15, 0.2) is 0 Å². The maximum absolute atomic E-state index is 12.2. The molecule has 1 amide bonds. The summed E-state index contributed by atoms with van der Waals surface area (Å²) in [6, 6.07) is 9.20. The van der Waals surface area contributed by atoms with Gasteiger partial charge in [0.25, 0.3) is 11.6 Å². The van der Waals surface area contributed by atoms with Gasteiger partial charge in [-0.15, -0.1) is 0 Å². The smallest absolute Gasteiger partial charge is 0.271 e. The van der Waals surface area contributed by atoms with E-state index in [2.05, 4.69) is 21.2 Å². The molecule has 0 unspecified atom stereocenters. The second-order valence-electron chi connectivity index (χ2n) is 4.31. The topological polar surface area (TPSA) is 72.2 Å². The van der Waals surface area contributed by atoms with Gasteiger partial charge in [0.1, 0.15) is 0 Å². The molecule has 0 radical (unpaired) electrons. The van der Waals surface area contributed by atoms with Crippen LogP contribution in [0.1, 0.15) is 15.9 Å². The second kappa shape index (κ2) is 6.24. The van der Waals surface area contributed by atoms with Gasteiger partial charge in [0.2, 0.25) is 0 Å². The number of carbonyl (C=O) groups excluding carboxylic acids is 1. The molecule has 21 heavy (non-hydrogen) atoms. The monoisotopic (exact) mass is 368 g/mol. The number of hydrogen-bond donors (Lipinski definition) is 1. The highest BCUT2D eigenvalue weighted by Crippen LogP contribution is 2.28. The van der Waals surface area contributed by atoms with E-state index in [1.54, 1.807) is 12.1 Å². The van der Waals surface area contributed by atoms with Crippen molar-refractivity contribution in [3.8, 4) is 0 Å². The number of nitro groups is 1. The molecule has 7 heteroatoms. The first kappa shape index (κ1) is 15.5. The fourth-order valence-corrected chi connectivity index (χ4v) is 2.40. The molecule has 1 N–H and O–H groups in total. The maximum Gasteiger partial charge on any atom is 0.271 e. The van der Waals surface area contributed by atoms with Crippen molar-refractivity contribution in [2.45, 2.75) is 6.92 Å². The largest absolute Gasteiger partial charge is 0.321 e. The maximum atomic E-state index is 12.2. The minimum absolute atomic E-state index is 0.112. The average Bonchev–Trinajstić information content (AvgIpc) is 2.43. The van der Waals surface area contributed by atoms with Crippen molar-refractivity contribution in [2.75, 3.05) is 5.32 Å². The normalized spacial score (nSPS) is 10.2. The van der Waals surface area contributed by atoms with Gasteiger partial charge in [-0.25, -0.2) is 0 Å². The molecule has 0 aromatic heterocycles. The molecule has 0 aliphatic rings. The Hall–Kier alpha value is -1.92. The Morgan fingerprint density at radius 3 is 2.67 bits per heavy atom. The SMILES string of the molecule is Cc1cccc(C(=O)Nc2ccc([N+](=O)[O-])cc2Cl)c1Br. The van der Waals surface area contributed by atoms with E-state index in [4.69, 9.17) is 11.6 Å². The highest BCUT2D eigenvalue weighted by molar-refractivity contribution is 9.10. The zero-order chi connectivity index (χ0) is 15.6. The first-order chi connectivity index (χ1) is 9.90. The Morgan fingerprint density at radius 1 is 1.33 bits per heavy atom. The third-order valence-corrected chi connectivity index (χ3v) is 4.21. The molecule has 5 nitrogen and oxygen atoms in total. The highest BCUT2D eigenvalue weighted by Gasteiger charge is 2.15. The number of benzene rings is 2. The van der Waals surface area contributed by atoms with E-state index in [0.29, 0.717) is 15.7 Å². The summed E-state index contributed by atoms with van der Waals surface area (Å²) < 4.78 is 0.695. The van der Waals surface area contributed by atoms with Crippen LogP contribution in [0.25, 0.3) is 0 Å². The van der Waals surface area contributed by atoms with E-state index in [0.717, 1.165) is 5.56 Å². The number of rotatable bonds is 3. The minimum Gasteiger partial charge on any atom is -0.321 e. The molecule has 0 aliphatic heterocycles. The summed E-state index contributed by atoms with van der Waals surface area (Å²) in [7, 11) is 0. The van der Waals surface area contributed by atoms with Crippen molar-refractivity contribution < 1.29 is 9.72 Å². The number of nitro benzene ring substituents is 1. The summed E-state index contributed by atoms with van der Waals surface area (Å²) in [6.07, 6.45) is 0. The Labute approximate surface area is 134 Å². The molecule has 108 valence electrons. The Balaban J connectivity index is 2.28. The summed E-state index contributed by atoms with van der Waals surface area (Å²) >= 11 is 9.31. The number of nitrogens with zero attached hydrogens (tertiary/aromatic N) is 1. The first-order valence-corrected chi connectivity index (χ1v) is 7.07. The molecule has 0 saturated carbocycles. The Morgan fingerprint density at radius 2 is 2.05 bits per heavy atom. The number of non-ortho nitro benzene ring substituents is 1. The predicted octanol–water partition coefficient (Wildman–Crippen LogP) is 4.57. The summed E-state index contributed by atoms with van der Waals surface area (Å²) in [4.78, 5) is 22.3. The molecular weight excluding hydrogens is 360 g/mol. The first-order valence-electron chi connectivity index (χ1n) is 5.90. The third-order valence-electron chi connectivity index (χ3n) is 2.85. The minimum atomic E-state index is -0.547. The molecule has 0 atom stereocenters. The second-order valence-corrected chi connectivity index (χ2v) is 5.51. The van der Waals surface area contributed by atoms with Crippen molar-refractivity contribution in [1.29, 1.82) is 0 Å². The van der Waals surface area contributed by atoms with E-state index in [9.17, 15) is 14.9 Å². The number of anilines is 1. The van der Waals surface area contributed by atoms with Crippen molar-refractivity contribution >= 4 is 44.8 Å². The zero-order valence-electron chi connectivity index (χ0n) is 10.9. The van der Waals surface area contributed by atoms with Crippen molar-refractivity contribution in [1.82, 2.24) is 0 Å². The van der Waals surface area contributed by atoms with E-state index in [1.165, 1.54) is 18.2 Å². The molecule has 0 aliphatic carbocycles. The van der Waals surface area contributed by atoms with Gasteiger partial charge >= 0.3 is 0 Å². The fourth-order valence-electron chi connectivity index (χ4n) is 1.73. The molecule has 0 fully saturated rings. The summed E-state index contributed by atoms with van der Waals surface area (Å²) in [5.74, 6) is -0.346. The Kier molecular flexibility index (Phi) is 4.59. The van der Waals surface area contributed by atoms with Crippen LogP contribution in [0.5, 0.6) is 0 Å². The van der Waals surface area contributed by atoms with Crippen molar-refractivity contribution in [3.63, 3.8) is 0 Å². The van der Waals surface area contributed by atoms with Gasteiger partial charge in [-0.1, -0.05) is 23.7 Å². The number of halogens is 2. The zero-order valence-corrected chi connectivity index (χ0v) is 13.2. The predicted molar refractivity (Wildman–Crippen MR) is 84.9 cm³/mol. The van der Waals surface area contributed by atoms with E-state index in [1.807, 2.05) is 13.0 Å². The van der Waals surface area contributed by atoms with Gasteiger partial charge in [0, 0.05) is 16.6 Å². The van der Waals surface area contributed by atoms with Gasteiger partial charge < -0.3 is 5.32 Å². The van der Waals surface area contributed by atoms with Crippen LogP contribution < -0.4 is 5.32 Å². The lowest BCUT2D eigenvalue weighted by atomic mass is 10.1. The van der Waals surface area contributed by atoms with Crippen molar-refractivity contribution in [3.05, 3.63) is 67.1 Å². The lowest BCUT2D eigenvalue weighted by Crippen LogP contribution is -2.13. The molecule has 2 rings (SSSR count). The lowest BCUT2D eigenvalue weighted by Gasteiger charge is -2.09. The summed E-state index contributed by atoms with van der Waals surface area (Å²) in [5.41, 5.74) is 1.58. The fraction of sp³-hybridized carbons (Fsp3) is 0.0714. The van der Waals surface area contributed by atoms with E-state index < -0.39 is 4.92 Å². The van der Waals surface area contributed by atoms with Crippen LogP contribution in [0.3, 0.4) is 0 Å². The average molecular weight is 370 g/mol. The van der Waals surface area contributed by atoms with Gasteiger partial charge in [-0.3, -0.25) is 14.9 Å². The molecule has 0 spiro atoms. The molecular formula is C14H10BrClN2O3. The number of hydrogen-bond acceptors (Lipinski definition) is 3. The molecule has 0 heterocycles. The summed E-state index contributed by atoms with van der Waals surface area (Å²) in [6.45, 7) is 1.87. The standard InChI is InChI=1S/C14H10BrClN2O3/c1-8-3-2-4-10(13(8)15)14(19)17-12-6-5-9(18(20)21)7-11(12)16/h2-7H,1H3,(H,17,19).